The number of carbonyl (C=O) groups is 1. The zero-order chi connectivity index (χ0) is 14.9. The first kappa shape index (κ1) is 14.9. The van der Waals surface area contributed by atoms with E-state index in [1.54, 1.807) is 0 Å². The van der Waals surface area contributed by atoms with Crippen LogP contribution in [0.1, 0.15) is 12.8 Å². The fraction of sp³-hybridized carbons (Fsp3) is 0.500. The van der Waals surface area contributed by atoms with Gasteiger partial charge in [-0.2, -0.15) is 13.4 Å². The molecule has 1 saturated heterocycles. The lowest BCUT2D eigenvalue weighted by Crippen LogP contribution is -2.38. The monoisotopic (exact) mass is 321 g/mol. The van der Waals surface area contributed by atoms with Crippen molar-refractivity contribution < 1.29 is 22.5 Å². The van der Waals surface area contributed by atoms with E-state index in [1.807, 2.05) is 0 Å². The van der Waals surface area contributed by atoms with E-state index in [0.29, 0.717) is 6.42 Å². The Bertz CT molecular complexity index is 636. The minimum atomic E-state index is -3.74. The maximum absolute atomic E-state index is 11.9. The van der Waals surface area contributed by atoms with Gasteiger partial charge in [0.15, 0.2) is 11.6 Å². The second-order valence-corrected chi connectivity index (χ2v) is 6.32. The fourth-order valence-electron chi connectivity index (χ4n) is 2.02. The highest BCUT2D eigenvalue weighted by atomic mass is 35.5. The van der Waals surface area contributed by atoms with Gasteiger partial charge < -0.3 is 5.11 Å². The van der Waals surface area contributed by atoms with Crippen LogP contribution < -0.4 is 4.90 Å². The Labute approximate surface area is 120 Å². The summed E-state index contributed by atoms with van der Waals surface area (Å²) in [4.78, 5) is 20.4. The molecule has 0 aromatic carbocycles. The summed E-state index contributed by atoms with van der Waals surface area (Å²) in [6.45, 7) is 0. The topological polar surface area (TPSA) is 110 Å². The van der Waals surface area contributed by atoms with E-state index in [4.69, 9.17) is 11.6 Å². The highest BCUT2D eigenvalue weighted by molar-refractivity contribution is 7.86. The Balaban J connectivity index is 2.36. The Kier molecular flexibility index (Phi) is 4.11. The maximum atomic E-state index is 11.9. The molecule has 1 fully saturated rings. The third-order valence-corrected chi connectivity index (χ3v) is 4.41. The molecule has 1 aromatic heterocycles. The van der Waals surface area contributed by atoms with Crippen molar-refractivity contribution in [3.63, 3.8) is 0 Å². The highest BCUT2D eigenvalue weighted by Crippen LogP contribution is 2.32. The number of hydrogen-bond acceptors (Lipinski definition) is 7. The zero-order valence-corrected chi connectivity index (χ0v) is 12.1. The predicted octanol–water partition coefficient (Wildman–Crippen LogP) is 0.307. The number of hydrogen-bond donors (Lipinski definition) is 1. The summed E-state index contributed by atoms with van der Waals surface area (Å²) in [5, 5.41) is 9.58. The normalized spacial score (nSPS) is 19.6. The number of anilines is 1. The molecule has 0 radical (unpaired) electrons. The summed E-state index contributed by atoms with van der Waals surface area (Å²) in [5.41, 5.74) is 0. The van der Waals surface area contributed by atoms with Gasteiger partial charge in [-0.3, -0.25) is 13.9 Å². The Morgan fingerprint density at radius 2 is 2.30 bits per heavy atom. The van der Waals surface area contributed by atoms with E-state index in [0.717, 1.165) is 18.2 Å². The van der Waals surface area contributed by atoms with Crippen LogP contribution in [0.4, 0.5) is 5.82 Å². The van der Waals surface area contributed by atoms with E-state index in [9.17, 15) is 18.3 Å². The van der Waals surface area contributed by atoms with Crippen molar-refractivity contribution in [3.8, 4) is 5.75 Å². The fourth-order valence-corrected chi connectivity index (χ4v) is 3.07. The number of aromatic hydroxyl groups is 1. The lowest BCUT2D eigenvalue weighted by molar-refractivity contribution is -0.117. The van der Waals surface area contributed by atoms with E-state index in [1.165, 1.54) is 0 Å². The summed E-state index contributed by atoms with van der Waals surface area (Å²) >= 11 is 5.64. The van der Waals surface area contributed by atoms with Crippen molar-refractivity contribution in [2.24, 2.45) is 0 Å². The Morgan fingerprint density at radius 3 is 2.95 bits per heavy atom. The second-order valence-electron chi connectivity index (χ2n) is 4.20. The molecule has 1 unspecified atom stereocenters. The minimum Gasteiger partial charge on any atom is -0.503 e. The standard InChI is InChI=1S/C10H12ClN3O5S/c1-19-20(17,18)5-6-2-3-8(16)14(6)9-7(15)4-12-10(11)13-9/h4,6,15H,2-3,5H2,1H3. The van der Waals surface area contributed by atoms with E-state index in [-0.39, 0.29) is 34.9 Å². The molecule has 0 bridgehead atoms. The van der Waals surface area contributed by atoms with Crippen LogP contribution in [-0.4, -0.2) is 48.3 Å². The molecule has 2 rings (SSSR count). The largest absolute Gasteiger partial charge is 0.503 e. The van der Waals surface area contributed by atoms with Crippen LogP contribution in [0.15, 0.2) is 6.20 Å². The van der Waals surface area contributed by atoms with Gasteiger partial charge in [-0.1, -0.05) is 0 Å². The van der Waals surface area contributed by atoms with Crippen LogP contribution in [0.3, 0.4) is 0 Å². The Morgan fingerprint density at radius 1 is 1.60 bits per heavy atom. The third-order valence-electron chi connectivity index (χ3n) is 2.92. The van der Waals surface area contributed by atoms with Crippen LogP contribution >= 0.6 is 11.6 Å². The molecule has 1 atom stereocenters. The van der Waals surface area contributed by atoms with Gasteiger partial charge in [0.2, 0.25) is 11.2 Å². The van der Waals surface area contributed by atoms with Crippen LogP contribution in [0.25, 0.3) is 0 Å². The van der Waals surface area contributed by atoms with Crippen molar-refractivity contribution in [3.05, 3.63) is 11.5 Å². The van der Waals surface area contributed by atoms with Gasteiger partial charge in [-0.15, -0.1) is 0 Å². The van der Waals surface area contributed by atoms with Crippen molar-refractivity contribution in [1.29, 1.82) is 0 Å². The maximum Gasteiger partial charge on any atom is 0.269 e. The lowest BCUT2D eigenvalue weighted by atomic mass is 10.2. The van der Waals surface area contributed by atoms with E-state index in [2.05, 4.69) is 14.2 Å². The van der Waals surface area contributed by atoms with Gasteiger partial charge in [0.25, 0.3) is 10.1 Å². The predicted molar refractivity (Wildman–Crippen MR) is 70.0 cm³/mol. The second kappa shape index (κ2) is 5.51. The van der Waals surface area contributed by atoms with Crippen LogP contribution in [-0.2, 0) is 19.1 Å². The number of nitrogens with zero attached hydrogens (tertiary/aromatic N) is 3. The molecule has 1 aliphatic rings. The van der Waals surface area contributed by atoms with E-state index >= 15 is 0 Å². The molecule has 0 aliphatic carbocycles. The molecular formula is C10H12ClN3O5S. The first-order valence-electron chi connectivity index (χ1n) is 5.66. The van der Waals surface area contributed by atoms with Gasteiger partial charge in [-0.25, -0.2) is 4.98 Å². The van der Waals surface area contributed by atoms with Crippen molar-refractivity contribution in [1.82, 2.24) is 9.97 Å². The molecule has 1 aliphatic heterocycles. The number of rotatable bonds is 4. The molecule has 8 nitrogen and oxygen atoms in total. The summed E-state index contributed by atoms with van der Waals surface area (Å²) in [5.74, 6) is -1.16. The molecule has 20 heavy (non-hydrogen) atoms. The summed E-state index contributed by atoms with van der Waals surface area (Å²) in [6, 6.07) is -0.663. The molecule has 0 saturated carbocycles. The highest BCUT2D eigenvalue weighted by Gasteiger charge is 2.37. The summed E-state index contributed by atoms with van der Waals surface area (Å²) < 4.78 is 27.4. The summed E-state index contributed by atoms with van der Waals surface area (Å²) in [6.07, 6.45) is 1.53. The van der Waals surface area contributed by atoms with Gasteiger partial charge in [0, 0.05) is 6.42 Å². The average Bonchev–Trinajstić information content (AvgIpc) is 2.73. The molecular weight excluding hydrogens is 310 g/mol. The Hall–Kier alpha value is -1.45. The molecule has 1 amide bonds. The van der Waals surface area contributed by atoms with Crippen LogP contribution in [0.5, 0.6) is 5.75 Å². The van der Waals surface area contributed by atoms with Crippen molar-refractivity contribution >= 4 is 33.4 Å². The van der Waals surface area contributed by atoms with Gasteiger partial charge in [-0.05, 0) is 18.0 Å². The smallest absolute Gasteiger partial charge is 0.269 e. The molecule has 10 heteroatoms. The summed E-state index contributed by atoms with van der Waals surface area (Å²) in [7, 11) is -2.69. The first-order chi connectivity index (χ1) is 9.34. The molecule has 2 heterocycles. The third kappa shape index (κ3) is 3.00. The molecule has 1 N–H and O–H groups in total. The number of aromatic nitrogens is 2. The molecule has 0 spiro atoms. The van der Waals surface area contributed by atoms with E-state index < -0.39 is 16.2 Å². The molecule has 110 valence electrons. The number of carbonyl (C=O) groups excluding carboxylic acids is 1. The number of amides is 1. The lowest BCUT2D eigenvalue weighted by Gasteiger charge is -2.23. The number of halogens is 1. The zero-order valence-electron chi connectivity index (χ0n) is 10.5. The minimum absolute atomic E-state index is 0.0937. The van der Waals surface area contributed by atoms with Crippen molar-refractivity contribution in [2.75, 3.05) is 17.8 Å². The van der Waals surface area contributed by atoms with Crippen LogP contribution in [0.2, 0.25) is 5.28 Å². The SMILES string of the molecule is COS(=O)(=O)CC1CCC(=O)N1c1nc(Cl)ncc1O. The quantitative estimate of drug-likeness (QED) is 0.627. The van der Waals surface area contributed by atoms with Gasteiger partial charge in [0.1, 0.15) is 0 Å². The average molecular weight is 322 g/mol. The first-order valence-corrected chi connectivity index (χ1v) is 7.61. The van der Waals surface area contributed by atoms with Gasteiger partial charge >= 0.3 is 0 Å². The van der Waals surface area contributed by atoms with Crippen molar-refractivity contribution in [2.45, 2.75) is 18.9 Å². The van der Waals surface area contributed by atoms with Crippen LogP contribution in [0, 0.1) is 0 Å². The molecule has 1 aromatic rings. The van der Waals surface area contributed by atoms with Gasteiger partial charge in [0.05, 0.1) is 25.1 Å².